The normalized spacial score (nSPS) is 34.2. The molecule has 1 aliphatic heterocycles. The Balaban J connectivity index is 2.43. The fourth-order valence-corrected chi connectivity index (χ4v) is 1.09. The molecule has 1 aliphatic rings. The Morgan fingerprint density at radius 3 is 2.50 bits per heavy atom. The summed E-state index contributed by atoms with van der Waals surface area (Å²) in [6.07, 6.45) is -0.932. The topological polar surface area (TPSA) is 32.3 Å². The minimum Gasteiger partial charge on any atom is -0.392 e. The van der Waals surface area contributed by atoms with Gasteiger partial charge in [-0.05, 0) is 6.92 Å². The third-order valence-electron chi connectivity index (χ3n) is 1.72. The van der Waals surface area contributed by atoms with E-state index in [0.717, 1.165) is 0 Å². The Morgan fingerprint density at radius 1 is 1.70 bits per heavy atom. The van der Waals surface area contributed by atoms with E-state index < -0.39 is 18.1 Å². The molecule has 60 valence electrons. The fraction of sp³-hybridized carbons (Fsp3) is 1.00. The SMILES string of the molecule is C[C@@H](O)[C@@H]1CC(F)(F)CN1. The molecule has 0 bridgehead atoms. The number of hydrogen-bond donors (Lipinski definition) is 2. The first-order valence-corrected chi connectivity index (χ1v) is 3.30. The Bertz CT molecular complexity index is 127. The molecule has 0 saturated carbocycles. The van der Waals surface area contributed by atoms with Gasteiger partial charge < -0.3 is 10.4 Å². The second-order valence-electron chi connectivity index (χ2n) is 2.79. The Kier molecular flexibility index (Phi) is 1.92. The van der Waals surface area contributed by atoms with Crippen LogP contribution in [0.1, 0.15) is 13.3 Å². The highest BCUT2D eigenvalue weighted by molar-refractivity contribution is 4.89. The molecule has 2 atom stereocenters. The molecule has 4 heteroatoms. The van der Waals surface area contributed by atoms with Gasteiger partial charge in [0.2, 0.25) is 0 Å². The summed E-state index contributed by atoms with van der Waals surface area (Å²) in [6.45, 7) is 1.21. The van der Waals surface area contributed by atoms with Gasteiger partial charge in [-0.1, -0.05) is 0 Å². The zero-order chi connectivity index (χ0) is 7.78. The van der Waals surface area contributed by atoms with E-state index in [1.807, 2.05) is 0 Å². The van der Waals surface area contributed by atoms with Crippen molar-refractivity contribution in [3.05, 3.63) is 0 Å². The Labute approximate surface area is 58.2 Å². The smallest absolute Gasteiger partial charge is 0.261 e. The van der Waals surface area contributed by atoms with Gasteiger partial charge in [-0.3, -0.25) is 0 Å². The van der Waals surface area contributed by atoms with E-state index in [4.69, 9.17) is 5.11 Å². The summed E-state index contributed by atoms with van der Waals surface area (Å²) >= 11 is 0. The van der Waals surface area contributed by atoms with Crippen LogP contribution in [-0.4, -0.2) is 29.7 Å². The van der Waals surface area contributed by atoms with Crippen LogP contribution in [0.3, 0.4) is 0 Å². The molecule has 2 N–H and O–H groups in total. The molecule has 10 heavy (non-hydrogen) atoms. The van der Waals surface area contributed by atoms with Gasteiger partial charge in [0.25, 0.3) is 5.92 Å². The maximum absolute atomic E-state index is 12.4. The maximum atomic E-state index is 12.4. The van der Waals surface area contributed by atoms with Crippen molar-refractivity contribution in [2.24, 2.45) is 0 Å². The van der Waals surface area contributed by atoms with Crippen LogP contribution in [-0.2, 0) is 0 Å². The number of aliphatic hydroxyl groups excluding tert-OH is 1. The van der Waals surface area contributed by atoms with E-state index in [-0.39, 0.29) is 13.0 Å². The lowest BCUT2D eigenvalue weighted by molar-refractivity contribution is 0.0155. The van der Waals surface area contributed by atoms with Crippen LogP contribution in [0.4, 0.5) is 8.78 Å². The monoisotopic (exact) mass is 151 g/mol. The molecule has 0 aromatic carbocycles. The predicted molar refractivity (Wildman–Crippen MR) is 33.0 cm³/mol. The molecule has 0 amide bonds. The molecular formula is C6H11F2NO. The van der Waals surface area contributed by atoms with Gasteiger partial charge in [0.1, 0.15) is 0 Å². The lowest BCUT2D eigenvalue weighted by Gasteiger charge is -2.12. The van der Waals surface area contributed by atoms with Gasteiger partial charge in [0, 0.05) is 12.5 Å². The fourth-order valence-electron chi connectivity index (χ4n) is 1.09. The number of hydrogen-bond acceptors (Lipinski definition) is 2. The lowest BCUT2D eigenvalue weighted by atomic mass is 10.1. The molecule has 0 aromatic rings. The molecule has 0 aliphatic carbocycles. The number of rotatable bonds is 1. The molecule has 0 unspecified atom stereocenters. The van der Waals surface area contributed by atoms with Crippen LogP contribution >= 0.6 is 0 Å². The van der Waals surface area contributed by atoms with E-state index in [2.05, 4.69) is 5.32 Å². The largest absolute Gasteiger partial charge is 0.392 e. The van der Waals surface area contributed by atoms with Crippen molar-refractivity contribution in [1.29, 1.82) is 0 Å². The summed E-state index contributed by atoms with van der Waals surface area (Å²) in [5.41, 5.74) is 0. The average Bonchev–Trinajstić information content (AvgIpc) is 2.10. The highest BCUT2D eigenvalue weighted by Crippen LogP contribution is 2.26. The van der Waals surface area contributed by atoms with Crippen molar-refractivity contribution in [3.8, 4) is 0 Å². The van der Waals surface area contributed by atoms with Gasteiger partial charge >= 0.3 is 0 Å². The van der Waals surface area contributed by atoms with Crippen LogP contribution in [0.5, 0.6) is 0 Å². The first-order chi connectivity index (χ1) is 4.51. The molecule has 2 nitrogen and oxygen atoms in total. The van der Waals surface area contributed by atoms with Crippen LogP contribution in [0, 0.1) is 0 Å². The standard InChI is InChI=1S/C6H11F2NO/c1-4(10)5-2-6(7,8)3-9-5/h4-5,9-10H,2-3H2,1H3/t4-,5+/m1/s1. The summed E-state index contributed by atoms with van der Waals surface area (Å²) in [4.78, 5) is 0. The summed E-state index contributed by atoms with van der Waals surface area (Å²) in [5.74, 6) is -2.62. The molecule has 1 heterocycles. The van der Waals surface area contributed by atoms with E-state index in [0.29, 0.717) is 0 Å². The highest BCUT2D eigenvalue weighted by Gasteiger charge is 2.40. The van der Waals surface area contributed by atoms with Crippen molar-refractivity contribution in [1.82, 2.24) is 5.32 Å². The minimum absolute atomic E-state index is 0.245. The van der Waals surface area contributed by atoms with E-state index in [9.17, 15) is 8.78 Å². The predicted octanol–water partition coefficient (Wildman–Crippen LogP) is 0.364. The number of halogens is 2. The van der Waals surface area contributed by atoms with Gasteiger partial charge in [-0.2, -0.15) is 0 Å². The van der Waals surface area contributed by atoms with Crippen molar-refractivity contribution in [2.75, 3.05) is 6.54 Å². The van der Waals surface area contributed by atoms with Gasteiger partial charge in [0.15, 0.2) is 0 Å². The van der Waals surface area contributed by atoms with Gasteiger partial charge in [-0.15, -0.1) is 0 Å². The molecular weight excluding hydrogens is 140 g/mol. The minimum atomic E-state index is -2.62. The number of nitrogens with one attached hydrogen (secondary N) is 1. The second kappa shape index (κ2) is 2.43. The van der Waals surface area contributed by atoms with Crippen LogP contribution < -0.4 is 5.32 Å². The molecule has 1 fully saturated rings. The zero-order valence-electron chi connectivity index (χ0n) is 5.77. The van der Waals surface area contributed by atoms with Crippen LogP contribution in [0.25, 0.3) is 0 Å². The van der Waals surface area contributed by atoms with Crippen molar-refractivity contribution >= 4 is 0 Å². The number of alkyl halides is 2. The zero-order valence-corrected chi connectivity index (χ0v) is 5.77. The average molecular weight is 151 g/mol. The lowest BCUT2D eigenvalue weighted by Crippen LogP contribution is -2.32. The quantitative estimate of drug-likeness (QED) is 0.567. The molecule has 0 spiro atoms. The third-order valence-corrected chi connectivity index (χ3v) is 1.72. The highest BCUT2D eigenvalue weighted by atomic mass is 19.3. The first-order valence-electron chi connectivity index (χ1n) is 3.30. The van der Waals surface area contributed by atoms with Crippen molar-refractivity contribution in [2.45, 2.75) is 31.4 Å². The molecule has 1 rings (SSSR count). The van der Waals surface area contributed by atoms with Gasteiger partial charge in [-0.25, -0.2) is 8.78 Å². The molecule has 0 aromatic heterocycles. The second-order valence-corrected chi connectivity index (χ2v) is 2.79. The Morgan fingerprint density at radius 2 is 2.30 bits per heavy atom. The van der Waals surface area contributed by atoms with Gasteiger partial charge in [0.05, 0.1) is 12.6 Å². The Hall–Kier alpha value is -0.220. The summed E-state index contributed by atoms with van der Waals surface area (Å²) in [5, 5.41) is 11.4. The summed E-state index contributed by atoms with van der Waals surface area (Å²) in [7, 11) is 0. The summed E-state index contributed by atoms with van der Waals surface area (Å²) in [6, 6.07) is -0.435. The van der Waals surface area contributed by atoms with E-state index in [1.54, 1.807) is 0 Å². The third kappa shape index (κ3) is 1.64. The number of aliphatic hydroxyl groups is 1. The first kappa shape index (κ1) is 7.88. The van der Waals surface area contributed by atoms with Crippen LogP contribution in [0.15, 0.2) is 0 Å². The van der Waals surface area contributed by atoms with Crippen LogP contribution in [0.2, 0.25) is 0 Å². The summed E-state index contributed by atoms with van der Waals surface area (Å²) < 4.78 is 24.8. The molecule has 0 radical (unpaired) electrons. The van der Waals surface area contributed by atoms with Crippen molar-refractivity contribution in [3.63, 3.8) is 0 Å². The maximum Gasteiger partial charge on any atom is 0.261 e. The van der Waals surface area contributed by atoms with E-state index in [1.165, 1.54) is 6.92 Å². The molecule has 1 saturated heterocycles. The van der Waals surface area contributed by atoms with Crippen molar-refractivity contribution < 1.29 is 13.9 Å². The van der Waals surface area contributed by atoms with E-state index >= 15 is 0 Å².